The van der Waals surface area contributed by atoms with Crippen molar-refractivity contribution < 1.29 is 4.39 Å². The molecular formula is C13H19ClFNS. The molecule has 0 spiro atoms. The zero-order chi connectivity index (χ0) is 12.7. The quantitative estimate of drug-likeness (QED) is 0.813. The number of hydrogen-bond acceptors (Lipinski definition) is 2. The topological polar surface area (TPSA) is 12.0 Å². The van der Waals surface area contributed by atoms with Gasteiger partial charge in [-0.1, -0.05) is 24.6 Å². The zero-order valence-electron chi connectivity index (χ0n) is 10.3. The molecule has 0 radical (unpaired) electrons. The lowest BCUT2D eigenvalue weighted by molar-refractivity contribution is 0.531. The fourth-order valence-electron chi connectivity index (χ4n) is 1.71. The molecule has 96 valence electrons. The maximum absolute atomic E-state index is 13.7. The van der Waals surface area contributed by atoms with E-state index in [9.17, 15) is 4.39 Å². The number of rotatable bonds is 7. The normalized spacial score (nSPS) is 12.7. The molecule has 1 unspecified atom stereocenters. The number of nitrogens with one attached hydrogen (secondary N) is 1. The summed E-state index contributed by atoms with van der Waals surface area (Å²) in [5.41, 5.74) is 0.622. The first-order valence-corrected chi connectivity index (χ1v) is 7.61. The van der Waals surface area contributed by atoms with Gasteiger partial charge in [0.05, 0.1) is 0 Å². The fraction of sp³-hybridized carbons (Fsp3) is 0.538. The summed E-state index contributed by atoms with van der Waals surface area (Å²) in [5, 5.41) is 3.95. The van der Waals surface area contributed by atoms with Crippen LogP contribution in [0.5, 0.6) is 0 Å². The molecule has 17 heavy (non-hydrogen) atoms. The van der Waals surface area contributed by atoms with Crippen molar-refractivity contribution in [3.05, 3.63) is 34.6 Å². The second kappa shape index (κ2) is 7.96. The highest BCUT2D eigenvalue weighted by Gasteiger charge is 2.13. The fourth-order valence-corrected chi connectivity index (χ4v) is 2.59. The molecule has 0 saturated carbocycles. The monoisotopic (exact) mass is 275 g/mol. The Morgan fingerprint density at radius 1 is 1.47 bits per heavy atom. The van der Waals surface area contributed by atoms with Gasteiger partial charge in [-0.2, -0.15) is 11.8 Å². The van der Waals surface area contributed by atoms with Gasteiger partial charge in [0.15, 0.2) is 0 Å². The molecule has 1 aromatic carbocycles. The van der Waals surface area contributed by atoms with Gasteiger partial charge in [0.1, 0.15) is 5.82 Å². The van der Waals surface area contributed by atoms with Crippen LogP contribution >= 0.6 is 23.4 Å². The van der Waals surface area contributed by atoms with E-state index in [0.29, 0.717) is 17.0 Å². The standard InChI is InChI=1S/C13H19ClFNS/c1-3-7-16-10(9-17-2)8-11-12(14)5-4-6-13(11)15/h4-6,10,16H,3,7-9H2,1-2H3. The van der Waals surface area contributed by atoms with Gasteiger partial charge in [0.2, 0.25) is 0 Å². The summed E-state index contributed by atoms with van der Waals surface area (Å²) in [6.45, 7) is 3.08. The van der Waals surface area contributed by atoms with Gasteiger partial charge in [-0.05, 0) is 37.8 Å². The summed E-state index contributed by atoms with van der Waals surface area (Å²) in [5.74, 6) is 0.756. The molecule has 1 nitrogen and oxygen atoms in total. The Hall–Kier alpha value is -0.250. The Morgan fingerprint density at radius 3 is 2.82 bits per heavy atom. The van der Waals surface area contributed by atoms with Crippen molar-refractivity contribution in [2.45, 2.75) is 25.8 Å². The van der Waals surface area contributed by atoms with Gasteiger partial charge in [-0.25, -0.2) is 4.39 Å². The number of hydrogen-bond donors (Lipinski definition) is 1. The van der Waals surface area contributed by atoms with E-state index in [1.807, 2.05) is 0 Å². The van der Waals surface area contributed by atoms with Crippen LogP contribution in [0.1, 0.15) is 18.9 Å². The summed E-state index contributed by atoms with van der Waals surface area (Å²) in [6.07, 6.45) is 3.78. The van der Waals surface area contributed by atoms with E-state index in [2.05, 4.69) is 18.5 Å². The van der Waals surface area contributed by atoms with Gasteiger partial charge in [0, 0.05) is 22.4 Å². The van der Waals surface area contributed by atoms with E-state index in [4.69, 9.17) is 11.6 Å². The molecule has 0 amide bonds. The Morgan fingerprint density at radius 2 is 2.24 bits per heavy atom. The van der Waals surface area contributed by atoms with Crippen molar-refractivity contribution in [1.29, 1.82) is 0 Å². The lowest BCUT2D eigenvalue weighted by atomic mass is 10.1. The highest BCUT2D eigenvalue weighted by Crippen LogP contribution is 2.21. The molecule has 0 aliphatic rings. The molecule has 1 atom stereocenters. The second-order valence-electron chi connectivity index (χ2n) is 4.01. The summed E-state index contributed by atoms with van der Waals surface area (Å²) in [4.78, 5) is 0. The average Bonchev–Trinajstić information content (AvgIpc) is 2.31. The van der Waals surface area contributed by atoms with Crippen LogP contribution in [0.3, 0.4) is 0 Å². The first kappa shape index (κ1) is 14.8. The van der Waals surface area contributed by atoms with E-state index >= 15 is 0 Å². The Labute approximate surface area is 112 Å². The van der Waals surface area contributed by atoms with Gasteiger partial charge in [-0.3, -0.25) is 0 Å². The van der Waals surface area contributed by atoms with E-state index in [0.717, 1.165) is 18.7 Å². The summed E-state index contributed by atoms with van der Waals surface area (Å²) in [7, 11) is 0. The molecule has 0 fully saturated rings. The minimum Gasteiger partial charge on any atom is -0.313 e. The molecule has 1 aromatic rings. The number of halogens is 2. The third-order valence-electron chi connectivity index (χ3n) is 2.56. The van der Waals surface area contributed by atoms with Crippen LogP contribution in [0.25, 0.3) is 0 Å². The maximum Gasteiger partial charge on any atom is 0.127 e. The van der Waals surface area contributed by atoms with Crippen LogP contribution in [-0.2, 0) is 6.42 Å². The molecule has 1 rings (SSSR count). The molecule has 4 heteroatoms. The summed E-state index contributed by atoms with van der Waals surface area (Å²) in [6, 6.07) is 5.14. The van der Waals surface area contributed by atoms with E-state index in [1.165, 1.54) is 6.07 Å². The zero-order valence-corrected chi connectivity index (χ0v) is 11.9. The molecule has 1 N–H and O–H groups in total. The van der Waals surface area contributed by atoms with Crippen molar-refractivity contribution >= 4 is 23.4 Å². The van der Waals surface area contributed by atoms with E-state index in [-0.39, 0.29) is 11.9 Å². The Kier molecular flexibility index (Phi) is 6.93. The van der Waals surface area contributed by atoms with Crippen molar-refractivity contribution in [1.82, 2.24) is 5.32 Å². The maximum atomic E-state index is 13.7. The second-order valence-corrected chi connectivity index (χ2v) is 5.33. The molecule has 0 aliphatic carbocycles. The molecule has 0 bridgehead atoms. The highest BCUT2D eigenvalue weighted by atomic mass is 35.5. The smallest absolute Gasteiger partial charge is 0.127 e. The van der Waals surface area contributed by atoms with Gasteiger partial charge in [-0.15, -0.1) is 0 Å². The van der Waals surface area contributed by atoms with Crippen molar-refractivity contribution in [3.8, 4) is 0 Å². The molecule has 0 saturated heterocycles. The predicted octanol–water partition coefficient (Wildman–Crippen LogP) is 3.75. The van der Waals surface area contributed by atoms with Gasteiger partial charge >= 0.3 is 0 Å². The van der Waals surface area contributed by atoms with Crippen molar-refractivity contribution in [3.63, 3.8) is 0 Å². The lowest BCUT2D eigenvalue weighted by Gasteiger charge is -2.18. The lowest BCUT2D eigenvalue weighted by Crippen LogP contribution is -2.34. The molecular weight excluding hydrogens is 257 g/mol. The Balaban J connectivity index is 2.70. The van der Waals surface area contributed by atoms with Crippen LogP contribution in [0.4, 0.5) is 4.39 Å². The molecule has 0 aromatic heterocycles. The first-order valence-electron chi connectivity index (χ1n) is 5.84. The summed E-state index contributed by atoms with van der Waals surface area (Å²) >= 11 is 7.80. The van der Waals surface area contributed by atoms with Crippen LogP contribution in [0.15, 0.2) is 18.2 Å². The third-order valence-corrected chi connectivity index (χ3v) is 3.65. The van der Waals surface area contributed by atoms with Crippen LogP contribution in [-0.4, -0.2) is 24.6 Å². The minimum atomic E-state index is -0.207. The molecule has 0 heterocycles. The minimum absolute atomic E-state index is 0.207. The largest absolute Gasteiger partial charge is 0.313 e. The summed E-state index contributed by atoms with van der Waals surface area (Å²) < 4.78 is 13.7. The first-order chi connectivity index (χ1) is 8.19. The van der Waals surface area contributed by atoms with Crippen LogP contribution < -0.4 is 5.32 Å². The molecule has 0 aliphatic heterocycles. The SMILES string of the molecule is CCCNC(CSC)Cc1c(F)cccc1Cl. The van der Waals surface area contributed by atoms with Crippen molar-refractivity contribution in [2.24, 2.45) is 0 Å². The Bertz CT molecular complexity index is 326. The van der Waals surface area contributed by atoms with Crippen LogP contribution in [0, 0.1) is 5.82 Å². The third kappa shape index (κ3) is 4.86. The number of thioether (sulfide) groups is 1. The van der Waals surface area contributed by atoms with Crippen LogP contribution in [0.2, 0.25) is 5.02 Å². The highest BCUT2D eigenvalue weighted by molar-refractivity contribution is 7.98. The number of benzene rings is 1. The van der Waals surface area contributed by atoms with Gasteiger partial charge < -0.3 is 5.32 Å². The van der Waals surface area contributed by atoms with E-state index in [1.54, 1.807) is 23.9 Å². The van der Waals surface area contributed by atoms with E-state index < -0.39 is 0 Å². The predicted molar refractivity (Wildman–Crippen MR) is 75.6 cm³/mol. The van der Waals surface area contributed by atoms with Gasteiger partial charge in [0.25, 0.3) is 0 Å². The van der Waals surface area contributed by atoms with Crippen molar-refractivity contribution in [2.75, 3.05) is 18.6 Å². The average molecular weight is 276 g/mol.